The molecule has 0 bridgehead atoms. The molecule has 0 atom stereocenters. The van der Waals surface area contributed by atoms with Crippen molar-refractivity contribution >= 4 is 11.6 Å². The smallest absolute Gasteiger partial charge is 0.406 e. The minimum atomic E-state index is -4.72. The fourth-order valence-corrected chi connectivity index (χ4v) is 1.50. The normalized spacial score (nSPS) is 11.2. The Morgan fingerprint density at radius 3 is 2.40 bits per heavy atom. The van der Waals surface area contributed by atoms with Gasteiger partial charge in [-0.3, -0.25) is 0 Å². The Labute approximate surface area is 113 Å². The van der Waals surface area contributed by atoms with Gasteiger partial charge in [0.05, 0.1) is 0 Å². The van der Waals surface area contributed by atoms with Gasteiger partial charge < -0.3 is 10.1 Å². The van der Waals surface area contributed by atoms with E-state index in [1.54, 1.807) is 12.3 Å². The van der Waals surface area contributed by atoms with Crippen LogP contribution in [0.5, 0.6) is 5.75 Å². The Kier molecular flexibility index (Phi) is 3.78. The number of rotatable bonds is 3. The highest BCUT2D eigenvalue weighted by molar-refractivity contribution is 5.54. The zero-order chi connectivity index (χ0) is 14.8. The Morgan fingerprint density at radius 1 is 1.05 bits per heavy atom. The van der Waals surface area contributed by atoms with E-state index in [2.05, 4.69) is 20.0 Å². The van der Waals surface area contributed by atoms with E-state index in [1.165, 1.54) is 6.20 Å². The van der Waals surface area contributed by atoms with Crippen LogP contribution in [0.2, 0.25) is 0 Å². The molecule has 2 aromatic rings. The molecule has 2 aromatic heterocycles. The van der Waals surface area contributed by atoms with E-state index in [0.29, 0.717) is 5.82 Å². The number of nitrogens with zero attached hydrogens (tertiary/aromatic N) is 2. The molecule has 7 heteroatoms. The van der Waals surface area contributed by atoms with Gasteiger partial charge in [-0.1, -0.05) is 0 Å². The zero-order valence-electron chi connectivity index (χ0n) is 10.8. The number of aromatic nitrogens is 2. The molecular formula is C13H12F3N3O. The van der Waals surface area contributed by atoms with Crippen LogP contribution in [0.15, 0.2) is 30.6 Å². The highest BCUT2D eigenvalue weighted by Gasteiger charge is 2.31. The molecule has 2 heterocycles. The van der Waals surface area contributed by atoms with Gasteiger partial charge >= 0.3 is 6.36 Å². The zero-order valence-corrected chi connectivity index (χ0v) is 10.8. The minimum absolute atomic E-state index is 0.225. The predicted molar refractivity (Wildman–Crippen MR) is 67.9 cm³/mol. The molecule has 0 radical (unpaired) electrons. The van der Waals surface area contributed by atoms with Gasteiger partial charge in [-0.25, -0.2) is 9.97 Å². The number of hydrogen-bond acceptors (Lipinski definition) is 4. The molecule has 0 unspecified atom stereocenters. The Morgan fingerprint density at radius 2 is 1.75 bits per heavy atom. The molecule has 0 fully saturated rings. The average Bonchev–Trinajstić information content (AvgIpc) is 2.32. The number of alkyl halides is 3. The highest BCUT2D eigenvalue weighted by Crippen LogP contribution is 2.25. The largest absolute Gasteiger partial charge is 0.573 e. The first kappa shape index (κ1) is 14.1. The van der Waals surface area contributed by atoms with Gasteiger partial charge in [-0.05, 0) is 37.1 Å². The molecule has 0 amide bonds. The molecule has 0 aliphatic carbocycles. The van der Waals surface area contributed by atoms with Gasteiger partial charge in [0, 0.05) is 18.5 Å². The predicted octanol–water partition coefficient (Wildman–Crippen LogP) is 3.74. The fraction of sp³-hybridized carbons (Fsp3) is 0.231. The molecule has 0 aliphatic rings. The second-order valence-corrected chi connectivity index (χ2v) is 4.20. The summed E-state index contributed by atoms with van der Waals surface area (Å²) in [6, 6.07) is 4.07. The maximum atomic E-state index is 12.1. The molecule has 20 heavy (non-hydrogen) atoms. The molecule has 2 rings (SSSR count). The number of halogens is 3. The van der Waals surface area contributed by atoms with Crippen LogP contribution >= 0.6 is 0 Å². The van der Waals surface area contributed by atoms with Gasteiger partial charge in [-0.15, -0.1) is 13.2 Å². The number of anilines is 2. The first-order valence-corrected chi connectivity index (χ1v) is 5.75. The van der Waals surface area contributed by atoms with Gasteiger partial charge in [0.15, 0.2) is 0 Å². The molecule has 0 spiro atoms. The van der Waals surface area contributed by atoms with Crippen molar-refractivity contribution in [1.29, 1.82) is 0 Å². The summed E-state index contributed by atoms with van der Waals surface area (Å²) in [5.74, 6) is 0.395. The van der Waals surface area contributed by atoms with Crippen LogP contribution in [0.3, 0.4) is 0 Å². The summed E-state index contributed by atoms with van der Waals surface area (Å²) in [5.41, 5.74) is 2.04. The SMILES string of the molecule is Cc1cnc(Nc2cc(OC(F)(F)F)ccn2)cc1C. The summed E-state index contributed by atoms with van der Waals surface area (Å²) in [5, 5.41) is 2.83. The van der Waals surface area contributed by atoms with Crippen molar-refractivity contribution in [3.63, 3.8) is 0 Å². The average molecular weight is 283 g/mol. The van der Waals surface area contributed by atoms with Gasteiger partial charge in [0.2, 0.25) is 0 Å². The lowest BCUT2D eigenvalue weighted by molar-refractivity contribution is -0.274. The summed E-state index contributed by atoms with van der Waals surface area (Å²) in [6.07, 6.45) is -1.82. The molecule has 0 aromatic carbocycles. The van der Waals surface area contributed by atoms with Crippen molar-refractivity contribution in [2.75, 3.05) is 5.32 Å². The number of ether oxygens (including phenoxy) is 1. The van der Waals surface area contributed by atoms with Gasteiger partial charge in [0.1, 0.15) is 17.4 Å². The third-order valence-electron chi connectivity index (χ3n) is 2.59. The third-order valence-corrected chi connectivity index (χ3v) is 2.59. The van der Waals surface area contributed by atoms with Crippen LogP contribution < -0.4 is 10.1 Å². The molecule has 106 valence electrons. The van der Waals surface area contributed by atoms with Crippen molar-refractivity contribution < 1.29 is 17.9 Å². The van der Waals surface area contributed by atoms with Crippen LogP contribution in [-0.4, -0.2) is 16.3 Å². The summed E-state index contributed by atoms with van der Waals surface area (Å²) in [6.45, 7) is 3.83. The Hall–Kier alpha value is -2.31. The van der Waals surface area contributed by atoms with E-state index in [4.69, 9.17) is 0 Å². The highest BCUT2D eigenvalue weighted by atomic mass is 19.4. The van der Waals surface area contributed by atoms with Crippen LogP contribution in [0.4, 0.5) is 24.8 Å². The van der Waals surface area contributed by atoms with Crippen molar-refractivity contribution in [3.05, 3.63) is 41.7 Å². The van der Waals surface area contributed by atoms with Crippen LogP contribution in [0.1, 0.15) is 11.1 Å². The van der Waals surface area contributed by atoms with Crippen LogP contribution in [0, 0.1) is 13.8 Å². The van der Waals surface area contributed by atoms with E-state index >= 15 is 0 Å². The summed E-state index contributed by atoms with van der Waals surface area (Å²) in [7, 11) is 0. The van der Waals surface area contributed by atoms with E-state index in [9.17, 15) is 13.2 Å². The Bertz CT molecular complexity index is 614. The monoisotopic (exact) mass is 283 g/mol. The fourth-order valence-electron chi connectivity index (χ4n) is 1.50. The van der Waals surface area contributed by atoms with E-state index in [-0.39, 0.29) is 11.6 Å². The molecule has 0 saturated heterocycles. The molecular weight excluding hydrogens is 271 g/mol. The quantitative estimate of drug-likeness (QED) is 0.932. The molecule has 0 saturated carbocycles. The summed E-state index contributed by atoms with van der Waals surface area (Å²) >= 11 is 0. The maximum Gasteiger partial charge on any atom is 0.573 e. The first-order chi connectivity index (χ1) is 9.33. The van der Waals surface area contributed by atoms with Crippen molar-refractivity contribution in [2.24, 2.45) is 0 Å². The number of hydrogen-bond donors (Lipinski definition) is 1. The van der Waals surface area contributed by atoms with Crippen molar-refractivity contribution in [2.45, 2.75) is 20.2 Å². The second kappa shape index (κ2) is 5.36. The van der Waals surface area contributed by atoms with E-state index in [0.717, 1.165) is 23.3 Å². The van der Waals surface area contributed by atoms with Gasteiger partial charge in [-0.2, -0.15) is 0 Å². The number of pyridine rings is 2. The van der Waals surface area contributed by atoms with Crippen LogP contribution in [0.25, 0.3) is 0 Å². The molecule has 4 nitrogen and oxygen atoms in total. The van der Waals surface area contributed by atoms with Crippen LogP contribution in [-0.2, 0) is 0 Å². The Balaban J connectivity index is 2.17. The van der Waals surface area contributed by atoms with Crippen molar-refractivity contribution in [3.8, 4) is 5.75 Å². The first-order valence-electron chi connectivity index (χ1n) is 5.75. The number of nitrogens with one attached hydrogen (secondary N) is 1. The molecule has 1 N–H and O–H groups in total. The molecule has 0 aliphatic heterocycles. The lowest BCUT2D eigenvalue weighted by Gasteiger charge is -2.10. The van der Waals surface area contributed by atoms with E-state index in [1.807, 2.05) is 13.8 Å². The third kappa shape index (κ3) is 3.84. The maximum absolute atomic E-state index is 12.1. The number of aryl methyl sites for hydroxylation is 2. The van der Waals surface area contributed by atoms with Gasteiger partial charge in [0.25, 0.3) is 0 Å². The summed E-state index contributed by atoms with van der Waals surface area (Å²) < 4.78 is 40.2. The van der Waals surface area contributed by atoms with Crippen molar-refractivity contribution in [1.82, 2.24) is 9.97 Å². The topological polar surface area (TPSA) is 47.0 Å². The van der Waals surface area contributed by atoms with E-state index < -0.39 is 6.36 Å². The standard InChI is InChI=1S/C13H12F3N3O/c1-8-5-11(18-7-9(8)2)19-12-6-10(3-4-17-12)20-13(14,15)16/h3-7H,1-2H3,(H,17,18,19). The summed E-state index contributed by atoms with van der Waals surface area (Å²) in [4.78, 5) is 8.04. The second-order valence-electron chi connectivity index (χ2n) is 4.20. The lowest BCUT2D eigenvalue weighted by Crippen LogP contribution is -2.17. The minimum Gasteiger partial charge on any atom is -0.406 e. The lowest BCUT2D eigenvalue weighted by atomic mass is 10.2.